The molecule has 1 N–H and O–H groups in total. The van der Waals surface area contributed by atoms with Crippen LogP contribution in [0.1, 0.15) is 60.1 Å². The summed E-state index contributed by atoms with van der Waals surface area (Å²) in [4.78, 5) is 30.0. The van der Waals surface area contributed by atoms with Gasteiger partial charge in [0.15, 0.2) is 11.5 Å². The zero-order chi connectivity index (χ0) is 30.6. The number of likely N-dealkylation sites (tertiary alicyclic amines) is 1. The van der Waals surface area contributed by atoms with Crippen LogP contribution in [-0.2, 0) is 26.2 Å². The third-order valence-electron chi connectivity index (χ3n) is 10.6. The van der Waals surface area contributed by atoms with E-state index in [1.165, 1.54) is 12.5 Å². The van der Waals surface area contributed by atoms with Crippen molar-refractivity contribution in [3.63, 3.8) is 0 Å². The molecule has 7 nitrogen and oxygen atoms in total. The van der Waals surface area contributed by atoms with Crippen molar-refractivity contribution in [3.05, 3.63) is 101 Å². The standard InChI is InChI=1S/C37H40N2O5/c1-23-8-7-9-25(20-23)12-17-33(42)38(3)29-15-14-28-30-21-27-13-16-31(41)35-34(27)37(28,36(29)44-35)18-19-39(30)22-32(43-24(2)40)26-10-5-4-6-11-26/h4-13,16-17,20,28-30,32,36,41H,14-15,18-19,21-22H2,1-3H3/t28-,29+,30+,32?,36-,37-/m0/s1. The lowest BCUT2D eigenvalue weighted by Crippen LogP contribution is -2.69. The number of phenols is 1. The topological polar surface area (TPSA) is 79.3 Å². The number of piperidine rings is 1. The lowest BCUT2D eigenvalue weighted by Gasteiger charge is -2.60. The van der Waals surface area contributed by atoms with E-state index in [1.54, 1.807) is 12.1 Å². The summed E-state index contributed by atoms with van der Waals surface area (Å²) >= 11 is 0. The highest BCUT2D eigenvalue weighted by molar-refractivity contribution is 5.92. The van der Waals surface area contributed by atoms with Crippen molar-refractivity contribution in [2.45, 2.75) is 69.2 Å². The van der Waals surface area contributed by atoms with E-state index in [4.69, 9.17) is 9.47 Å². The highest BCUT2D eigenvalue weighted by Crippen LogP contribution is 2.64. The van der Waals surface area contributed by atoms with E-state index >= 15 is 0 Å². The fraction of sp³-hybridized carbons (Fsp3) is 0.405. The van der Waals surface area contributed by atoms with E-state index in [9.17, 15) is 14.7 Å². The molecule has 2 aliphatic carbocycles. The second-order valence-corrected chi connectivity index (χ2v) is 13.0. The SMILES string of the molecule is CC(=O)OC(CN1CC[C@]23c4c5ccc(O)c4O[C@H]2[C@H](N(C)C(=O)C=Cc2cccc(C)c2)CC[C@H]3[C@H]1C5)c1ccccc1. The quantitative estimate of drug-likeness (QED) is 0.285. The summed E-state index contributed by atoms with van der Waals surface area (Å²) in [7, 11) is 1.89. The van der Waals surface area contributed by atoms with E-state index in [-0.39, 0.29) is 47.3 Å². The third kappa shape index (κ3) is 4.69. The van der Waals surface area contributed by atoms with Crippen molar-refractivity contribution in [2.24, 2.45) is 5.92 Å². The van der Waals surface area contributed by atoms with E-state index in [1.807, 2.05) is 73.5 Å². The van der Waals surface area contributed by atoms with Crippen LogP contribution in [-0.4, -0.2) is 65.1 Å². The average Bonchev–Trinajstić information content (AvgIpc) is 3.37. The Kier molecular flexibility index (Phi) is 7.24. The van der Waals surface area contributed by atoms with Gasteiger partial charge in [-0.2, -0.15) is 0 Å². The highest BCUT2D eigenvalue weighted by Gasteiger charge is 2.66. The first-order valence-corrected chi connectivity index (χ1v) is 15.8. The van der Waals surface area contributed by atoms with Crippen LogP contribution in [0.2, 0.25) is 0 Å². The predicted molar refractivity (Wildman–Crippen MR) is 168 cm³/mol. The minimum atomic E-state index is -0.351. The van der Waals surface area contributed by atoms with Gasteiger partial charge in [0.1, 0.15) is 12.2 Å². The Morgan fingerprint density at radius 1 is 1.14 bits per heavy atom. The number of carbonyl (C=O) groups is 2. The summed E-state index contributed by atoms with van der Waals surface area (Å²) in [6.07, 6.45) is 6.41. The van der Waals surface area contributed by atoms with Crippen LogP contribution in [0.15, 0.2) is 72.8 Å². The Morgan fingerprint density at radius 2 is 1.95 bits per heavy atom. The number of amides is 1. The summed E-state index contributed by atoms with van der Waals surface area (Å²) in [5.41, 5.74) is 5.23. The third-order valence-corrected chi connectivity index (χ3v) is 10.6. The predicted octanol–water partition coefficient (Wildman–Crippen LogP) is 5.58. The van der Waals surface area contributed by atoms with Crippen molar-refractivity contribution >= 4 is 18.0 Å². The van der Waals surface area contributed by atoms with Gasteiger partial charge in [0.2, 0.25) is 5.91 Å². The van der Waals surface area contributed by atoms with Crippen LogP contribution in [0.3, 0.4) is 0 Å². The van der Waals surface area contributed by atoms with Crippen LogP contribution in [0, 0.1) is 12.8 Å². The molecule has 1 saturated carbocycles. The summed E-state index contributed by atoms with van der Waals surface area (Å²) in [6, 6.07) is 22.0. The second-order valence-electron chi connectivity index (χ2n) is 13.0. The Balaban J connectivity index is 1.20. The molecule has 7 rings (SSSR count). The number of benzene rings is 3. The Hall–Kier alpha value is -4.10. The Morgan fingerprint density at radius 3 is 2.73 bits per heavy atom. The number of phenolic OH excluding ortho intramolecular Hbond substituents is 1. The van der Waals surface area contributed by atoms with Crippen LogP contribution in [0.5, 0.6) is 11.5 Å². The smallest absolute Gasteiger partial charge is 0.303 e. The zero-order valence-electron chi connectivity index (χ0n) is 25.6. The molecule has 2 heterocycles. The maximum Gasteiger partial charge on any atom is 0.303 e. The first-order valence-electron chi connectivity index (χ1n) is 15.8. The molecule has 1 saturated heterocycles. The van der Waals surface area contributed by atoms with Crippen molar-refractivity contribution in [1.82, 2.24) is 9.80 Å². The van der Waals surface area contributed by atoms with E-state index in [0.29, 0.717) is 18.2 Å². The maximum absolute atomic E-state index is 13.5. The number of nitrogens with zero attached hydrogens (tertiary/aromatic N) is 2. The van der Waals surface area contributed by atoms with Gasteiger partial charge in [0.25, 0.3) is 0 Å². The number of aryl methyl sites for hydroxylation is 1. The molecule has 44 heavy (non-hydrogen) atoms. The number of carbonyl (C=O) groups excluding carboxylic acids is 2. The van der Waals surface area contributed by atoms with Gasteiger partial charge in [-0.15, -0.1) is 0 Å². The summed E-state index contributed by atoms with van der Waals surface area (Å²) < 4.78 is 12.6. The Labute approximate surface area is 259 Å². The number of hydrogen-bond donors (Lipinski definition) is 1. The molecule has 3 aromatic rings. The molecule has 2 aliphatic heterocycles. The number of likely N-dealkylation sites (N-methyl/N-ethyl adjacent to an activating group) is 1. The molecule has 0 radical (unpaired) electrons. The van der Waals surface area contributed by atoms with Gasteiger partial charge in [0, 0.05) is 43.6 Å². The van der Waals surface area contributed by atoms with Crippen molar-refractivity contribution in [3.8, 4) is 11.5 Å². The normalized spacial score (nSPS) is 27.3. The van der Waals surface area contributed by atoms with Gasteiger partial charge >= 0.3 is 5.97 Å². The van der Waals surface area contributed by atoms with Gasteiger partial charge < -0.3 is 19.5 Å². The van der Waals surface area contributed by atoms with Gasteiger partial charge in [-0.1, -0.05) is 66.2 Å². The molecule has 1 amide bonds. The van der Waals surface area contributed by atoms with Gasteiger partial charge in [-0.05, 0) is 73.9 Å². The van der Waals surface area contributed by atoms with Gasteiger partial charge in [-0.25, -0.2) is 0 Å². The minimum Gasteiger partial charge on any atom is -0.504 e. The van der Waals surface area contributed by atoms with Crippen molar-refractivity contribution < 1.29 is 24.2 Å². The molecule has 2 fully saturated rings. The molecule has 4 aliphatic rings. The first-order chi connectivity index (χ1) is 21.3. The molecule has 3 aromatic carbocycles. The zero-order valence-corrected chi connectivity index (χ0v) is 25.6. The van der Waals surface area contributed by atoms with Crippen LogP contribution >= 0.6 is 0 Å². The molecule has 228 valence electrons. The molecular weight excluding hydrogens is 552 g/mol. The highest BCUT2D eigenvalue weighted by atomic mass is 16.5. The van der Waals surface area contributed by atoms with E-state index in [0.717, 1.165) is 54.5 Å². The van der Waals surface area contributed by atoms with Crippen LogP contribution < -0.4 is 4.74 Å². The monoisotopic (exact) mass is 592 g/mol. The number of hydrogen-bond acceptors (Lipinski definition) is 6. The molecule has 0 aromatic heterocycles. The average molecular weight is 593 g/mol. The lowest BCUT2D eigenvalue weighted by molar-refractivity contribution is -0.150. The molecule has 1 unspecified atom stereocenters. The maximum atomic E-state index is 13.5. The minimum absolute atomic E-state index is 0.0489. The van der Waals surface area contributed by atoms with E-state index < -0.39 is 0 Å². The first kappa shape index (κ1) is 28.7. The number of ether oxygens (including phenoxy) is 2. The molecule has 6 atom stereocenters. The summed E-state index contributed by atoms with van der Waals surface area (Å²) in [5.74, 6) is 0.753. The fourth-order valence-electron chi connectivity index (χ4n) is 8.74. The van der Waals surface area contributed by atoms with Crippen molar-refractivity contribution in [1.29, 1.82) is 0 Å². The molecule has 1 spiro atoms. The van der Waals surface area contributed by atoms with E-state index in [2.05, 4.69) is 17.0 Å². The molecular formula is C37H40N2O5. The summed E-state index contributed by atoms with van der Waals surface area (Å²) in [6.45, 7) is 4.96. The van der Waals surface area contributed by atoms with Crippen molar-refractivity contribution in [2.75, 3.05) is 20.1 Å². The fourth-order valence-corrected chi connectivity index (χ4v) is 8.74. The lowest BCUT2D eigenvalue weighted by atomic mass is 9.51. The molecule has 7 heteroatoms. The Bertz CT molecular complexity index is 1620. The van der Waals surface area contributed by atoms with Crippen LogP contribution in [0.4, 0.5) is 0 Å². The second kappa shape index (κ2) is 11.1. The number of aromatic hydroxyl groups is 1. The summed E-state index contributed by atoms with van der Waals surface area (Å²) in [5, 5.41) is 11.0. The number of esters is 1. The molecule has 2 bridgehead atoms. The number of rotatable bonds is 7. The largest absolute Gasteiger partial charge is 0.504 e. The van der Waals surface area contributed by atoms with Gasteiger partial charge in [-0.3, -0.25) is 14.5 Å². The van der Waals surface area contributed by atoms with Gasteiger partial charge in [0.05, 0.1) is 6.04 Å². The van der Waals surface area contributed by atoms with Crippen LogP contribution in [0.25, 0.3) is 6.08 Å².